The number of H-pyrrole nitrogens is 1. The minimum Gasteiger partial charge on any atom is -0.329 e. The molecule has 1 aromatic rings. The molecule has 1 saturated carbocycles. The van der Waals surface area contributed by atoms with Gasteiger partial charge >= 0.3 is 0 Å². The summed E-state index contributed by atoms with van der Waals surface area (Å²) in [5.74, 6) is 0. The normalized spacial score (nSPS) is 19.6. The SMILES string of the molecule is CCCN(C1(CN)CCCCCC1)S(=O)(=O)c1ccn[nH]1. The van der Waals surface area contributed by atoms with Gasteiger partial charge in [-0.15, -0.1) is 0 Å². The molecule has 0 spiro atoms. The average Bonchev–Trinajstić information content (AvgIpc) is 2.92. The van der Waals surface area contributed by atoms with Crippen LogP contribution >= 0.6 is 0 Å². The van der Waals surface area contributed by atoms with Crippen molar-refractivity contribution < 1.29 is 8.42 Å². The summed E-state index contributed by atoms with van der Waals surface area (Å²) in [4.78, 5) is 0. The van der Waals surface area contributed by atoms with Crippen LogP contribution in [0.3, 0.4) is 0 Å². The van der Waals surface area contributed by atoms with Crippen molar-refractivity contribution in [3.63, 3.8) is 0 Å². The lowest BCUT2D eigenvalue weighted by Crippen LogP contribution is -2.56. The first-order valence-electron chi connectivity index (χ1n) is 7.79. The molecule has 120 valence electrons. The minimum atomic E-state index is -3.57. The number of sulfonamides is 1. The highest BCUT2D eigenvalue weighted by atomic mass is 32.2. The summed E-state index contributed by atoms with van der Waals surface area (Å²) < 4.78 is 27.6. The van der Waals surface area contributed by atoms with Gasteiger partial charge in [-0.2, -0.15) is 9.40 Å². The molecule has 0 atom stereocenters. The highest BCUT2D eigenvalue weighted by molar-refractivity contribution is 7.89. The molecule has 1 fully saturated rings. The van der Waals surface area contributed by atoms with Gasteiger partial charge in [-0.25, -0.2) is 8.42 Å². The van der Waals surface area contributed by atoms with Crippen LogP contribution in [0.5, 0.6) is 0 Å². The Morgan fingerprint density at radius 1 is 1.33 bits per heavy atom. The van der Waals surface area contributed by atoms with Gasteiger partial charge in [0, 0.05) is 18.6 Å². The summed E-state index contributed by atoms with van der Waals surface area (Å²) in [6.45, 7) is 2.87. The highest BCUT2D eigenvalue weighted by Crippen LogP contribution is 2.35. The number of nitrogens with zero attached hydrogens (tertiary/aromatic N) is 2. The van der Waals surface area contributed by atoms with Gasteiger partial charge in [0.2, 0.25) is 0 Å². The van der Waals surface area contributed by atoms with Gasteiger partial charge < -0.3 is 5.73 Å². The topological polar surface area (TPSA) is 92.1 Å². The maximum absolute atomic E-state index is 13.0. The van der Waals surface area contributed by atoms with Crippen LogP contribution < -0.4 is 5.73 Å². The molecule has 0 unspecified atom stereocenters. The molecule has 1 aliphatic rings. The van der Waals surface area contributed by atoms with Crippen molar-refractivity contribution in [2.45, 2.75) is 62.4 Å². The number of nitrogens with one attached hydrogen (secondary N) is 1. The van der Waals surface area contributed by atoms with Crippen LogP contribution in [0.15, 0.2) is 17.3 Å². The second kappa shape index (κ2) is 6.89. The molecular formula is C14H26N4O2S. The Morgan fingerprint density at radius 2 is 2.00 bits per heavy atom. The van der Waals surface area contributed by atoms with E-state index in [9.17, 15) is 8.42 Å². The largest absolute Gasteiger partial charge is 0.329 e. The van der Waals surface area contributed by atoms with Gasteiger partial charge in [-0.05, 0) is 25.3 Å². The van der Waals surface area contributed by atoms with Crippen molar-refractivity contribution in [2.24, 2.45) is 5.73 Å². The molecule has 3 N–H and O–H groups in total. The summed E-state index contributed by atoms with van der Waals surface area (Å²) in [5, 5.41) is 6.53. The van der Waals surface area contributed by atoms with Crippen LogP contribution in [0.1, 0.15) is 51.9 Å². The first-order chi connectivity index (χ1) is 10.1. The number of rotatable bonds is 6. The molecule has 1 heterocycles. The van der Waals surface area contributed by atoms with Crippen LogP contribution in [-0.2, 0) is 10.0 Å². The van der Waals surface area contributed by atoms with Crippen LogP contribution in [0.4, 0.5) is 0 Å². The van der Waals surface area contributed by atoms with Gasteiger partial charge in [0.15, 0.2) is 5.03 Å². The Hall–Kier alpha value is -0.920. The van der Waals surface area contributed by atoms with E-state index in [2.05, 4.69) is 10.2 Å². The van der Waals surface area contributed by atoms with Crippen molar-refractivity contribution in [3.8, 4) is 0 Å². The van der Waals surface area contributed by atoms with Crippen LogP contribution in [0, 0.1) is 0 Å². The number of nitrogens with two attached hydrogens (primary N) is 1. The molecule has 0 aliphatic heterocycles. The fourth-order valence-electron chi connectivity index (χ4n) is 3.26. The van der Waals surface area contributed by atoms with Crippen molar-refractivity contribution >= 4 is 10.0 Å². The minimum absolute atomic E-state index is 0.160. The number of hydrogen-bond donors (Lipinski definition) is 2. The molecule has 1 aromatic heterocycles. The third kappa shape index (κ3) is 3.30. The van der Waals surface area contributed by atoms with E-state index >= 15 is 0 Å². The van der Waals surface area contributed by atoms with E-state index in [1.165, 1.54) is 12.3 Å². The molecular weight excluding hydrogens is 288 g/mol. The summed E-state index contributed by atoms with van der Waals surface area (Å²) in [6, 6.07) is 1.51. The zero-order valence-corrected chi connectivity index (χ0v) is 13.5. The predicted molar refractivity (Wildman–Crippen MR) is 82.3 cm³/mol. The zero-order valence-electron chi connectivity index (χ0n) is 12.7. The summed E-state index contributed by atoms with van der Waals surface area (Å²) >= 11 is 0. The van der Waals surface area contributed by atoms with Crippen LogP contribution in [0.25, 0.3) is 0 Å². The van der Waals surface area contributed by atoms with E-state index in [1.807, 2.05) is 6.92 Å². The maximum Gasteiger partial charge on any atom is 0.260 e. The van der Waals surface area contributed by atoms with Gasteiger partial charge in [-0.3, -0.25) is 5.10 Å². The van der Waals surface area contributed by atoms with E-state index in [0.29, 0.717) is 13.1 Å². The Morgan fingerprint density at radius 3 is 2.48 bits per heavy atom. The van der Waals surface area contributed by atoms with E-state index < -0.39 is 15.6 Å². The fourth-order valence-corrected chi connectivity index (χ4v) is 5.09. The van der Waals surface area contributed by atoms with Crippen LogP contribution in [0.2, 0.25) is 0 Å². The van der Waals surface area contributed by atoms with Crippen molar-refractivity contribution in [1.82, 2.24) is 14.5 Å². The standard InChI is InChI=1S/C14H26N4O2S/c1-2-11-18(21(19,20)13-7-10-16-17-13)14(12-15)8-5-3-4-6-9-14/h7,10H,2-6,8-9,11-12,15H2,1H3,(H,16,17). The second-order valence-electron chi connectivity index (χ2n) is 5.84. The Kier molecular flexibility index (Phi) is 5.40. The van der Waals surface area contributed by atoms with E-state index in [0.717, 1.165) is 44.9 Å². The maximum atomic E-state index is 13.0. The van der Waals surface area contributed by atoms with Gasteiger partial charge in [-0.1, -0.05) is 32.6 Å². The molecule has 0 radical (unpaired) electrons. The van der Waals surface area contributed by atoms with Crippen molar-refractivity contribution in [3.05, 3.63) is 12.3 Å². The molecule has 21 heavy (non-hydrogen) atoms. The summed E-state index contributed by atoms with van der Waals surface area (Å²) in [5.41, 5.74) is 5.61. The predicted octanol–water partition coefficient (Wildman–Crippen LogP) is 1.86. The molecule has 0 saturated heterocycles. The first kappa shape index (κ1) is 16.5. The lowest BCUT2D eigenvalue weighted by molar-refractivity contribution is 0.167. The quantitative estimate of drug-likeness (QED) is 0.784. The Bertz CT molecular complexity index is 519. The lowest BCUT2D eigenvalue weighted by Gasteiger charge is -2.41. The van der Waals surface area contributed by atoms with Crippen molar-refractivity contribution in [2.75, 3.05) is 13.1 Å². The van der Waals surface area contributed by atoms with Gasteiger partial charge in [0.05, 0.1) is 6.20 Å². The molecule has 2 rings (SSSR count). The molecule has 1 aliphatic carbocycles. The number of aromatic nitrogens is 2. The number of hydrogen-bond acceptors (Lipinski definition) is 4. The van der Waals surface area contributed by atoms with E-state index in [4.69, 9.17) is 5.73 Å². The molecule has 7 heteroatoms. The lowest BCUT2D eigenvalue weighted by atomic mass is 9.90. The zero-order chi connectivity index (χ0) is 15.3. The molecule has 0 aromatic carbocycles. The first-order valence-corrected chi connectivity index (χ1v) is 9.23. The average molecular weight is 314 g/mol. The van der Waals surface area contributed by atoms with Crippen molar-refractivity contribution in [1.29, 1.82) is 0 Å². The molecule has 6 nitrogen and oxygen atoms in total. The summed E-state index contributed by atoms with van der Waals surface area (Å²) in [7, 11) is -3.57. The van der Waals surface area contributed by atoms with Gasteiger partial charge in [0.1, 0.15) is 0 Å². The van der Waals surface area contributed by atoms with E-state index in [-0.39, 0.29) is 5.03 Å². The van der Waals surface area contributed by atoms with Gasteiger partial charge in [0.25, 0.3) is 10.0 Å². The molecule has 0 amide bonds. The Labute approximate surface area is 127 Å². The molecule has 0 bridgehead atoms. The smallest absolute Gasteiger partial charge is 0.260 e. The third-order valence-corrected chi connectivity index (χ3v) is 6.35. The fraction of sp³-hybridized carbons (Fsp3) is 0.786. The third-order valence-electron chi connectivity index (χ3n) is 4.41. The van der Waals surface area contributed by atoms with E-state index in [1.54, 1.807) is 4.31 Å². The van der Waals surface area contributed by atoms with Crippen LogP contribution in [-0.4, -0.2) is 41.5 Å². The highest BCUT2D eigenvalue weighted by Gasteiger charge is 2.43. The number of aromatic amines is 1. The summed E-state index contributed by atoms with van der Waals surface area (Å²) in [6.07, 6.45) is 8.32. The Balaban J connectivity index is 2.40. The monoisotopic (exact) mass is 314 g/mol. The second-order valence-corrected chi connectivity index (χ2v) is 7.67.